The second-order valence-electron chi connectivity index (χ2n) is 6.53. The van der Waals surface area contributed by atoms with Gasteiger partial charge >= 0.3 is 5.97 Å². The first-order chi connectivity index (χ1) is 13.1. The zero-order chi connectivity index (χ0) is 18.8. The van der Waals surface area contributed by atoms with Crippen LogP contribution in [0.25, 0.3) is 11.4 Å². The van der Waals surface area contributed by atoms with Crippen LogP contribution in [0.2, 0.25) is 0 Å². The summed E-state index contributed by atoms with van der Waals surface area (Å²) in [5.41, 5.74) is 10.9. The molecule has 0 radical (unpaired) electrons. The third-order valence-corrected chi connectivity index (χ3v) is 4.48. The Morgan fingerprint density at radius 3 is 2.81 bits per heavy atom. The van der Waals surface area contributed by atoms with Crippen LogP contribution < -0.4 is 5.73 Å². The Morgan fingerprint density at radius 2 is 2.00 bits per heavy atom. The number of esters is 1. The van der Waals surface area contributed by atoms with E-state index in [1.807, 2.05) is 65.3 Å². The molecule has 3 aromatic rings. The van der Waals surface area contributed by atoms with Gasteiger partial charge in [0.1, 0.15) is 6.61 Å². The van der Waals surface area contributed by atoms with Gasteiger partial charge < -0.3 is 15.4 Å². The minimum atomic E-state index is -0.363. The number of carbonyl (C=O) groups excluding carboxylic acids is 1. The van der Waals surface area contributed by atoms with Gasteiger partial charge in [0, 0.05) is 18.8 Å². The Kier molecular flexibility index (Phi) is 4.38. The van der Waals surface area contributed by atoms with E-state index in [-0.39, 0.29) is 12.6 Å². The van der Waals surface area contributed by atoms with Gasteiger partial charge in [-0.15, -0.1) is 0 Å². The van der Waals surface area contributed by atoms with E-state index in [1.54, 1.807) is 18.3 Å². The Balaban J connectivity index is 1.57. The van der Waals surface area contributed by atoms with E-state index in [1.165, 1.54) is 0 Å². The summed E-state index contributed by atoms with van der Waals surface area (Å²) in [6.07, 6.45) is 3.65. The van der Waals surface area contributed by atoms with Crippen LogP contribution in [0.4, 0.5) is 0 Å². The van der Waals surface area contributed by atoms with Crippen LogP contribution in [-0.4, -0.2) is 27.7 Å². The summed E-state index contributed by atoms with van der Waals surface area (Å²) in [6.45, 7) is 0.936. The minimum absolute atomic E-state index is 0.243. The summed E-state index contributed by atoms with van der Waals surface area (Å²) in [4.78, 5) is 14.5. The number of nitrogens with two attached hydrogens (primary N) is 1. The third-order valence-electron chi connectivity index (χ3n) is 4.48. The Bertz CT molecular complexity index is 1010. The van der Waals surface area contributed by atoms with Crippen molar-refractivity contribution in [3.05, 3.63) is 89.4 Å². The quantitative estimate of drug-likeness (QED) is 0.724. The van der Waals surface area contributed by atoms with Gasteiger partial charge in [-0.2, -0.15) is 5.10 Å². The van der Waals surface area contributed by atoms with Crippen LogP contribution in [0.5, 0.6) is 0 Å². The summed E-state index contributed by atoms with van der Waals surface area (Å²) >= 11 is 0. The average Bonchev–Trinajstić information content (AvgIpc) is 3.11. The van der Waals surface area contributed by atoms with Crippen LogP contribution in [0.3, 0.4) is 0 Å². The molecule has 1 aromatic heterocycles. The number of fused-ring (bicyclic) bond motifs is 1. The number of nitrogens with zero attached hydrogens (tertiary/aromatic N) is 3. The van der Waals surface area contributed by atoms with E-state index in [2.05, 4.69) is 5.10 Å². The molecule has 1 aliphatic rings. The highest BCUT2D eigenvalue weighted by Gasteiger charge is 2.20. The number of carbonyl (C=O) groups is 1. The lowest BCUT2D eigenvalue weighted by Gasteiger charge is -2.22. The van der Waals surface area contributed by atoms with Gasteiger partial charge in [0.15, 0.2) is 0 Å². The first-order valence-corrected chi connectivity index (χ1v) is 8.68. The van der Waals surface area contributed by atoms with Crippen molar-refractivity contribution in [2.24, 2.45) is 5.73 Å². The molecule has 0 unspecified atom stereocenters. The van der Waals surface area contributed by atoms with Gasteiger partial charge in [-0.05, 0) is 23.8 Å². The van der Waals surface area contributed by atoms with Crippen LogP contribution >= 0.6 is 0 Å². The standard InChI is InChI=1S/C21H20N4O2/c1-24-12-19(22)18-11-23-25(20(18)13-24)17-9-5-8-16(10-17)21(26)27-14-15-6-3-2-4-7-15/h2-12H,13-14,22H2,1H3. The van der Waals surface area contributed by atoms with Crippen molar-refractivity contribution in [2.45, 2.75) is 13.2 Å². The van der Waals surface area contributed by atoms with Gasteiger partial charge in [-0.3, -0.25) is 0 Å². The fourth-order valence-electron chi connectivity index (χ4n) is 3.15. The molecular formula is C21H20N4O2. The second kappa shape index (κ2) is 6.99. The summed E-state index contributed by atoms with van der Waals surface area (Å²) in [5.74, 6) is -0.363. The first kappa shape index (κ1) is 16.9. The highest BCUT2D eigenvalue weighted by atomic mass is 16.5. The molecule has 6 heteroatoms. The van der Waals surface area contributed by atoms with Crippen LogP contribution in [0.15, 0.2) is 67.0 Å². The molecule has 4 rings (SSSR count). The minimum Gasteiger partial charge on any atom is -0.457 e. The van der Waals surface area contributed by atoms with Crippen LogP contribution in [-0.2, 0) is 17.9 Å². The van der Waals surface area contributed by atoms with Crippen molar-refractivity contribution in [1.29, 1.82) is 0 Å². The summed E-state index contributed by atoms with van der Waals surface area (Å²) < 4.78 is 7.25. The molecule has 6 nitrogen and oxygen atoms in total. The molecule has 2 heterocycles. The van der Waals surface area contributed by atoms with Crippen molar-refractivity contribution in [1.82, 2.24) is 14.7 Å². The smallest absolute Gasteiger partial charge is 0.338 e. The predicted molar refractivity (Wildman–Crippen MR) is 103 cm³/mol. The molecule has 2 N–H and O–H groups in total. The number of hydrogen-bond acceptors (Lipinski definition) is 5. The van der Waals surface area contributed by atoms with Gasteiger partial charge in [-0.25, -0.2) is 9.48 Å². The maximum Gasteiger partial charge on any atom is 0.338 e. The van der Waals surface area contributed by atoms with Crippen LogP contribution in [0.1, 0.15) is 27.2 Å². The fraction of sp³-hybridized carbons (Fsp3) is 0.143. The monoisotopic (exact) mass is 360 g/mol. The highest BCUT2D eigenvalue weighted by Crippen LogP contribution is 2.25. The van der Waals surface area contributed by atoms with Crippen molar-refractivity contribution in [3.63, 3.8) is 0 Å². The summed E-state index contributed by atoms with van der Waals surface area (Å²) in [5, 5.41) is 4.46. The summed E-state index contributed by atoms with van der Waals surface area (Å²) in [6, 6.07) is 16.9. The third kappa shape index (κ3) is 3.42. The topological polar surface area (TPSA) is 73.4 Å². The Labute approximate surface area is 157 Å². The number of hydrogen-bond donors (Lipinski definition) is 1. The number of rotatable bonds is 4. The van der Waals surface area contributed by atoms with E-state index in [4.69, 9.17) is 10.5 Å². The van der Waals surface area contributed by atoms with E-state index in [0.717, 1.165) is 22.5 Å². The molecule has 0 bridgehead atoms. The molecule has 0 fully saturated rings. The average molecular weight is 360 g/mol. The normalized spacial score (nSPS) is 13.1. The molecule has 0 spiro atoms. The molecule has 0 atom stereocenters. The van der Waals surface area contributed by atoms with Crippen molar-refractivity contribution >= 4 is 11.7 Å². The SMILES string of the molecule is CN1C=C(N)c2cnn(-c3cccc(C(=O)OCc4ccccc4)c3)c2C1. The van der Waals surface area contributed by atoms with E-state index in [9.17, 15) is 4.79 Å². The fourth-order valence-corrected chi connectivity index (χ4v) is 3.15. The summed E-state index contributed by atoms with van der Waals surface area (Å²) in [7, 11) is 1.96. The van der Waals surface area contributed by atoms with Crippen molar-refractivity contribution in [2.75, 3.05) is 7.05 Å². The van der Waals surface area contributed by atoms with Gasteiger partial charge in [0.25, 0.3) is 0 Å². The zero-order valence-electron chi connectivity index (χ0n) is 15.0. The Morgan fingerprint density at radius 1 is 1.19 bits per heavy atom. The maximum atomic E-state index is 12.4. The zero-order valence-corrected chi connectivity index (χ0v) is 15.0. The van der Waals surface area contributed by atoms with Crippen LogP contribution in [0, 0.1) is 0 Å². The first-order valence-electron chi connectivity index (χ1n) is 8.68. The second-order valence-corrected chi connectivity index (χ2v) is 6.53. The van der Waals surface area contributed by atoms with Gasteiger partial charge in [-0.1, -0.05) is 36.4 Å². The molecule has 2 aromatic carbocycles. The molecular weight excluding hydrogens is 340 g/mol. The lowest BCUT2D eigenvalue weighted by Crippen LogP contribution is -2.21. The van der Waals surface area contributed by atoms with E-state index in [0.29, 0.717) is 17.8 Å². The molecule has 27 heavy (non-hydrogen) atoms. The number of benzene rings is 2. The van der Waals surface area contributed by atoms with Gasteiger partial charge in [0.2, 0.25) is 0 Å². The largest absolute Gasteiger partial charge is 0.457 e. The van der Waals surface area contributed by atoms with E-state index < -0.39 is 0 Å². The van der Waals surface area contributed by atoms with Gasteiger partial charge in [0.05, 0.1) is 35.4 Å². The van der Waals surface area contributed by atoms with Crippen molar-refractivity contribution < 1.29 is 9.53 Å². The lowest BCUT2D eigenvalue weighted by atomic mass is 10.1. The van der Waals surface area contributed by atoms with Crippen molar-refractivity contribution in [3.8, 4) is 5.69 Å². The molecule has 0 saturated heterocycles. The molecule has 1 aliphatic heterocycles. The van der Waals surface area contributed by atoms with E-state index >= 15 is 0 Å². The lowest BCUT2D eigenvalue weighted by molar-refractivity contribution is 0.0472. The molecule has 136 valence electrons. The molecule has 0 aliphatic carbocycles. The number of aromatic nitrogens is 2. The maximum absolute atomic E-state index is 12.4. The Hall–Kier alpha value is -3.54. The number of ether oxygens (including phenoxy) is 1. The predicted octanol–water partition coefficient (Wildman–Crippen LogP) is 2.93. The molecule has 0 saturated carbocycles. The molecule has 0 amide bonds. The highest BCUT2D eigenvalue weighted by molar-refractivity contribution is 5.90.